The summed E-state index contributed by atoms with van der Waals surface area (Å²) < 4.78 is 50.7. The fourth-order valence-electron chi connectivity index (χ4n) is 1.33. The number of aromatic nitrogens is 1. The highest BCUT2D eigenvalue weighted by molar-refractivity contribution is 14.1. The van der Waals surface area contributed by atoms with Gasteiger partial charge in [0.2, 0.25) is 11.8 Å². The largest absolute Gasteiger partial charge is 0.574 e. The number of hydrogen-bond acceptors (Lipinski definition) is 5. The van der Waals surface area contributed by atoms with Gasteiger partial charge in [0.05, 0.1) is 23.7 Å². The van der Waals surface area contributed by atoms with Crippen molar-refractivity contribution in [1.82, 2.24) is 4.98 Å². The van der Waals surface area contributed by atoms with E-state index in [9.17, 15) is 18.0 Å². The zero-order valence-corrected chi connectivity index (χ0v) is 12.7. The minimum Gasteiger partial charge on any atom is -0.480 e. The Bertz CT molecular complexity index is 493. The van der Waals surface area contributed by atoms with Crippen molar-refractivity contribution in [3.8, 4) is 11.8 Å². The van der Waals surface area contributed by atoms with E-state index < -0.39 is 18.2 Å². The minimum absolute atomic E-state index is 0.0162. The normalized spacial score (nSPS) is 11.1. The number of alkyl halides is 3. The van der Waals surface area contributed by atoms with Gasteiger partial charge in [-0.3, -0.25) is 4.79 Å². The number of rotatable bonds is 5. The van der Waals surface area contributed by atoms with Crippen LogP contribution in [0.2, 0.25) is 0 Å². The molecule has 112 valence electrons. The third kappa shape index (κ3) is 5.02. The Morgan fingerprint density at radius 3 is 2.55 bits per heavy atom. The summed E-state index contributed by atoms with van der Waals surface area (Å²) in [4.78, 5) is 15.0. The average Bonchev–Trinajstić information content (AvgIpc) is 2.31. The molecule has 5 nitrogen and oxygen atoms in total. The first-order valence-electron chi connectivity index (χ1n) is 5.41. The van der Waals surface area contributed by atoms with Gasteiger partial charge in [-0.25, -0.2) is 0 Å². The lowest BCUT2D eigenvalue weighted by Crippen LogP contribution is -2.20. The third-order valence-corrected chi connectivity index (χ3v) is 2.80. The van der Waals surface area contributed by atoms with Crippen molar-refractivity contribution >= 4 is 28.6 Å². The second-order valence-corrected chi connectivity index (χ2v) is 4.64. The van der Waals surface area contributed by atoms with Gasteiger partial charge in [-0.05, 0) is 35.6 Å². The maximum atomic E-state index is 12.3. The highest BCUT2D eigenvalue weighted by atomic mass is 127. The number of carbonyl (C=O) groups excluding carboxylic acids is 1. The molecule has 0 amide bonds. The minimum atomic E-state index is -4.91. The maximum Gasteiger partial charge on any atom is 0.574 e. The van der Waals surface area contributed by atoms with Gasteiger partial charge in [0, 0.05) is 5.56 Å². The summed E-state index contributed by atoms with van der Waals surface area (Å²) in [5.74, 6) is -1.40. The summed E-state index contributed by atoms with van der Waals surface area (Å²) in [7, 11) is 1.27. The molecule has 0 aliphatic rings. The van der Waals surface area contributed by atoms with Crippen molar-refractivity contribution in [1.29, 1.82) is 0 Å². The SMILES string of the molecule is CCOC(=O)Cc1cc(I)c(OC)nc1OC(F)(F)F. The highest BCUT2D eigenvalue weighted by Crippen LogP contribution is 2.30. The lowest BCUT2D eigenvalue weighted by molar-refractivity contribution is -0.276. The molecular weight excluding hydrogens is 394 g/mol. The molecule has 0 fully saturated rings. The Labute approximate surface area is 126 Å². The van der Waals surface area contributed by atoms with Crippen LogP contribution in [0.5, 0.6) is 11.8 Å². The summed E-state index contributed by atoms with van der Waals surface area (Å²) in [6.07, 6.45) is -5.28. The first-order valence-corrected chi connectivity index (χ1v) is 6.49. The molecule has 1 aromatic heterocycles. The van der Waals surface area contributed by atoms with Crippen LogP contribution in [-0.2, 0) is 16.0 Å². The molecule has 0 saturated heterocycles. The van der Waals surface area contributed by atoms with Crippen LogP contribution in [-0.4, -0.2) is 31.0 Å². The molecule has 0 saturated carbocycles. The molecule has 0 atom stereocenters. The van der Waals surface area contributed by atoms with Gasteiger partial charge in [-0.1, -0.05) is 0 Å². The molecule has 1 aromatic rings. The van der Waals surface area contributed by atoms with Gasteiger partial charge in [0.25, 0.3) is 0 Å². The van der Waals surface area contributed by atoms with Crippen LogP contribution in [0.25, 0.3) is 0 Å². The molecule has 0 bridgehead atoms. The molecule has 20 heavy (non-hydrogen) atoms. The van der Waals surface area contributed by atoms with E-state index >= 15 is 0 Å². The van der Waals surface area contributed by atoms with Crippen molar-refractivity contribution in [3.05, 3.63) is 15.2 Å². The number of carbonyl (C=O) groups is 1. The predicted molar refractivity (Wildman–Crippen MR) is 70.5 cm³/mol. The summed E-state index contributed by atoms with van der Waals surface area (Å²) in [6.45, 7) is 1.73. The predicted octanol–water partition coefficient (Wildman–Crippen LogP) is 2.70. The van der Waals surface area contributed by atoms with Crippen LogP contribution < -0.4 is 9.47 Å². The zero-order valence-electron chi connectivity index (χ0n) is 10.6. The number of methoxy groups -OCH3 is 1. The number of ether oxygens (including phenoxy) is 3. The number of hydrogen-bond donors (Lipinski definition) is 0. The van der Waals surface area contributed by atoms with Crippen molar-refractivity contribution < 1.29 is 32.2 Å². The van der Waals surface area contributed by atoms with Crippen molar-refractivity contribution in [3.63, 3.8) is 0 Å². The Balaban J connectivity index is 3.12. The van der Waals surface area contributed by atoms with E-state index in [0.717, 1.165) is 0 Å². The Morgan fingerprint density at radius 1 is 1.40 bits per heavy atom. The van der Waals surface area contributed by atoms with E-state index in [4.69, 9.17) is 9.47 Å². The van der Waals surface area contributed by atoms with Gasteiger partial charge in [0.1, 0.15) is 0 Å². The van der Waals surface area contributed by atoms with Crippen molar-refractivity contribution in [2.75, 3.05) is 13.7 Å². The van der Waals surface area contributed by atoms with Crippen molar-refractivity contribution in [2.45, 2.75) is 19.7 Å². The zero-order chi connectivity index (χ0) is 15.3. The van der Waals surface area contributed by atoms with Crippen LogP contribution in [0, 0.1) is 3.57 Å². The van der Waals surface area contributed by atoms with Crippen molar-refractivity contribution in [2.24, 2.45) is 0 Å². The number of pyridine rings is 1. The Hall–Kier alpha value is -1.26. The summed E-state index contributed by atoms with van der Waals surface area (Å²) in [5.41, 5.74) is -0.0222. The summed E-state index contributed by atoms with van der Waals surface area (Å²) in [6, 6.07) is 1.34. The molecule has 9 heteroatoms. The summed E-state index contributed by atoms with van der Waals surface area (Å²) in [5, 5.41) is 0. The molecule has 1 rings (SSSR count). The first kappa shape index (κ1) is 16.8. The summed E-state index contributed by atoms with van der Waals surface area (Å²) >= 11 is 1.83. The van der Waals surface area contributed by atoms with Crippen LogP contribution in [0.15, 0.2) is 6.07 Å². The Morgan fingerprint density at radius 2 is 2.05 bits per heavy atom. The molecule has 0 aliphatic carbocycles. The fraction of sp³-hybridized carbons (Fsp3) is 0.455. The molecule has 0 aromatic carbocycles. The lowest BCUT2D eigenvalue weighted by atomic mass is 10.2. The smallest absolute Gasteiger partial charge is 0.480 e. The van der Waals surface area contributed by atoms with Crippen LogP contribution in [0.4, 0.5) is 13.2 Å². The number of nitrogens with zero attached hydrogens (tertiary/aromatic N) is 1. The standard InChI is InChI=1S/C11H11F3INO4/c1-3-19-8(17)5-6-4-7(15)10(18-2)16-9(6)20-11(12,13)14/h4H,3,5H2,1-2H3. The Kier molecular flexibility index (Phi) is 5.84. The van der Waals surface area contributed by atoms with Crippen LogP contribution in [0.3, 0.4) is 0 Å². The number of halogens is 4. The molecule has 0 spiro atoms. The van der Waals surface area contributed by atoms with E-state index in [1.165, 1.54) is 13.2 Å². The lowest BCUT2D eigenvalue weighted by Gasteiger charge is -2.14. The quantitative estimate of drug-likeness (QED) is 0.557. The monoisotopic (exact) mass is 405 g/mol. The van der Waals surface area contributed by atoms with Crippen LogP contribution >= 0.6 is 22.6 Å². The maximum absolute atomic E-state index is 12.3. The fourth-order valence-corrected chi connectivity index (χ4v) is 2.05. The van der Waals surface area contributed by atoms with E-state index in [1.807, 2.05) is 22.6 Å². The second-order valence-electron chi connectivity index (χ2n) is 3.47. The molecule has 0 aliphatic heterocycles. The average molecular weight is 405 g/mol. The first-order chi connectivity index (χ1) is 9.26. The van der Waals surface area contributed by atoms with E-state index in [2.05, 4.69) is 9.72 Å². The molecule has 1 heterocycles. The third-order valence-electron chi connectivity index (χ3n) is 2.03. The molecular formula is C11H11F3INO4. The van der Waals surface area contributed by atoms with Gasteiger partial charge < -0.3 is 14.2 Å². The van der Waals surface area contributed by atoms with E-state index in [1.54, 1.807) is 6.92 Å². The number of esters is 1. The van der Waals surface area contributed by atoms with Crippen LogP contribution in [0.1, 0.15) is 12.5 Å². The van der Waals surface area contributed by atoms with E-state index in [-0.39, 0.29) is 24.5 Å². The van der Waals surface area contributed by atoms with Gasteiger partial charge >= 0.3 is 12.3 Å². The topological polar surface area (TPSA) is 57.7 Å². The van der Waals surface area contributed by atoms with Gasteiger partial charge in [0.15, 0.2) is 0 Å². The molecule has 0 unspecified atom stereocenters. The molecule has 0 N–H and O–H groups in total. The molecule has 0 radical (unpaired) electrons. The van der Waals surface area contributed by atoms with Gasteiger partial charge in [-0.2, -0.15) is 4.98 Å². The van der Waals surface area contributed by atoms with Gasteiger partial charge in [-0.15, -0.1) is 13.2 Å². The highest BCUT2D eigenvalue weighted by Gasteiger charge is 2.33. The second kappa shape index (κ2) is 6.95. The van der Waals surface area contributed by atoms with E-state index in [0.29, 0.717) is 3.57 Å².